The lowest BCUT2D eigenvalue weighted by molar-refractivity contribution is -0.117. The molecular formula is C26H29N3O6. The molecule has 0 aliphatic carbocycles. The van der Waals surface area contributed by atoms with E-state index in [0.29, 0.717) is 55.7 Å². The van der Waals surface area contributed by atoms with Gasteiger partial charge in [0.15, 0.2) is 11.5 Å². The summed E-state index contributed by atoms with van der Waals surface area (Å²) in [5.74, 6) is 2.04. The highest BCUT2D eigenvalue weighted by atomic mass is 16.6. The van der Waals surface area contributed by atoms with Crippen LogP contribution in [0.15, 0.2) is 51.7 Å². The van der Waals surface area contributed by atoms with Gasteiger partial charge in [0.25, 0.3) is 0 Å². The van der Waals surface area contributed by atoms with Crippen LogP contribution in [0.25, 0.3) is 11.0 Å². The van der Waals surface area contributed by atoms with Crippen LogP contribution in [-0.4, -0.2) is 68.3 Å². The summed E-state index contributed by atoms with van der Waals surface area (Å²) in [7, 11) is 0. The van der Waals surface area contributed by atoms with Crippen LogP contribution in [0.4, 0.5) is 5.69 Å². The van der Waals surface area contributed by atoms with Crippen molar-refractivity contribution >= 4 is 22.6 Å². The number of piperazine rings is 1. The summed E-state index contributed by atoms with van der Waals surface area (Å²) in [4.78, 5) is 29.1. The number of carbonyl (C=O) groups excluding carboxylic acids is 1. The number of amides is 1. The number of ether oxygens (including phenoxy) is 3. The standard InChI is InChI=1S/C26H29N3O6/c1-2-32-20-4-6-22-21(15-20)18(13-26(31)35-22)16-28-7-9-29(10-8-28)17-25(30)27-19-3-5-23-24(14-19)34-12-11-33-23/h3-6,13-15H,2,7-12,16-17H2,1H3,(H,27,30). The fourth-order valence-electron chi connectivity index (χ4n) is 4.47. The van der Waals surface area contributed by atoms with Gasteiger partial charge in [-0.3, -0.25) is 14.6 Å². The Labute approximate surface area is 203 Å². The highest BCUT2D eigenvalue weighted by molar-refractivity contribution is 5.92. The van der Waals surface area contributed by atoms with Crippen LogP contribution in [0, 0.1) is 0 Å². The van der Waals surface area contributed by atoms with Crippen LogP contribution in [0.3, 0.4) is 0 Å². The first-order valence-corrected chi connectivity index (χ1v) is 11.9. The molecule has 3 heterocycles. The van der Waals surface area contributed by atoms with E-state index >= 15 is 0 Å². The zero-order chi connectivity index (χ0) is 24.2. The van der Waals surface area contributed by atoms with Crippen molar-refractivity contribution in [1.29, 1.82) is 0 Å². The lowest BCUT2D eigenvalue weighted by atomic mass is 10.1. The van der Waals surface area contributed by atoms with E-state index < -0.39 is 0 Å². The first kappa shape index (κ1) is 23.2. The van der Waals surface area contributed by atoms with Gasteiger partial charge in [0, 0.05) is 55.9 Å². The maximum Gasteiger partial charge on any atom is 0.336 e. The fourth-order valence-corrected chi connectivity index (χ4v) is 4.47. The van der Waals surface area contributed by atoms with Gasteiger partial charge in [0.05, 0.1) is 13.2 Å². The molecule has 0 bridgehead atoms. The summed E-state index contributed by atoms with van der Waals surface area (Å²) in [6.45, 7) is 7.62. The molecule has 1 saturated heterocycles. The first-order valence-electron chi connectivity index (χ1n) is 11.9. The number of nitrogens with zero attached hydrogens (tertiary/aromatic N) is 2. The molecule has 0 saturated carbocycles. The van der Waals surface area contributed by atoms with Gasteiger partial charge in [-0.25, -0.2) is 4.79 Å². The van der Waals surface area contributed by atoms with Gasteiger partial charge in [0.1, 0.15) is 24.5 Å². The van der Waals surface area contributed by atoms with E-state index in [1.807, 2.05) is 31.2 Å². The molecule has 2 aliphatic heterocycles. The monoisotopic (exact) mass is 479 g/mol. The van der Waals surface area contributed by atoms with Crippen molar-refractivity contribution in [3.63, 3.8) is 0 Å². The number of hydrogen-bond donors (Lipinski definition) is 1. The molecule has 2 aromatic carbocycles. The molecule has 1 amide bonds. The predicted octanol–water partition coefficient (Wildman–Crippen LogP) is 2.72. The van der Waals surface area contributed by atoms with E-state index in [0.717, 1.165) is 42.9 Å². The van der Waals surface area contributed by atoms with E-state index in [-0.39, 0.29) is 11.5 Å². The SMILES string of the molecule is CCOc1ccc2oc(=O)cc(CN3CCN(CC(=O)Nc4ccc5c(c4)OCCO5)CC3)c2c1. The molecule has 0 spiro atoms. The van der Waals surface area contributed by atoms with E-state index in [9.17, 15) is 9.59 Å². The van der Waals surface area contributed by atoms with E-state index in [1.54, 1.807) is 18.2 Å². The van der Waals surface area contributed by atoms with E-state index in [2.05, 4.69) is 15.1 Å². The minimum atomic E-state index is -0.355. The number of nitrogens with one attached hydrogen (secondary N) is 1. The highest BCUT2D eigenvalue weighted by Gasteiger charge is 2.21. The van der Waals surface area contributed by atoms with Crippen LogP contribution in [0.2, 0.25) is 0 Å². The minimum absolute atomic E-state index is 0.0646. The third-order valence-electron chi connectivity index (χ3n) is 6.16. The molecule has 0 radical (unpaired) electrons. The Kier molecular flexibility index (Phi) is 6.87. The lowest BCUT2D eigenvalue weighted by Gasteiger charge is -2.34. The largest absolute Gasteiger partial charge is 0.494 e. The summed E-state index contributed by atoms with van der Waals surface area (Å²) < 4.78 is 22.1. The van der Waals surface area contributed by atoms with Crippen molar-refractivity contribution in [2.75, 3.05) is 57.9 Å². The van der Waals surface area contributed by atoms with Crippen molar-refractivity contribution in [1.82, 2.24) is 9.80 Å². The Bertz CT molecular complexity index is 1270. The maximum atomic E-state index is 12.6. The van der Waals surface area contributed by atoms with Crippen LogP contribution in [0.1, 0.15) is 12.5 Å². The molecule has 1 N–H and O–H groups in total. The average molecular weight is 480 g/mol. The van der Waals surface area contributed by atoms with Crippen LogP contribution in [0.5, 0.6) is 17.2 Å². The van der Waals surface area contributed by atoms with Crippen molar-refractivity contribution in [2.45, 2.75) is 13.5 Å². The molecule has 3 aromatic rings. The van der Waals surface area contributed by atoms with Crippen molar-refractivity contribution in [3.8, 4) is 17.2 Å². The Morgan fingerprint density at radius 2 is 1.74 bits per heavy atom. The number of rotatable bonds is 7. The molecule has 9 heteroatoms. The third kappa shape index (κ3) is 5.58. The first-order chi connectivity index (χ1) is 17.1. The quantitative estimate of drug-likeness (QED) is 0.517. The number of carbonyl (C=O) groups is 1. The molecule has 0 atom stereocenters. The Balaban J connectivity index is 1.16. The van der Waals surface area contributed by atoms with Crippen LogP contribution in [-0.2, 0) is 11.3 Å². The molecule has 1 aromatic heterocycles. The zero-order valence-electron chi connectivity index (χ0n) is 19.7. The Morgan fingerprint density at radius 1 is 0.971 bits per heavy atom. The Hall–Kier alpha value is -3.56. The fraction of sp³-hybridized carbons (Fsp3) is 0.385. The summed E-state index contributed by atoms with van der Waals surface area (Å²) >= 11 is 0. The van der Waals surface area contributed by atoms with E-state index in [4.69, 9.17) is 18.6 Å². The topological polar surface area (TPSA) is 93.5 Å². The van der Waals surface area contributed by atoms with Gasteiger partial charge in [-0.05, 0) is 42.8 Å². The van der Waals surface area contributed by atoms with Gasteiger partial charge in [0.2, 0.25) is 5.91 Å². The van der Waals surface area contributed by atoms with Gasteiger partial charge in [-0.15, -0.1) is 0 Å². The van der Waals surface area contributed by atoms with Gasteiger partial charge in [-0.1, -0.05) is 0 Å². The summed E-state index contributed by atoms with van der Waals surface area (Å²) in [6.07, 6.45) is 0. The molecular weight excluding hydrogens is 450 g/mol. The molecule has 1 fully saturated rings. The molecule has 184 valence electrons. The molecule has 0 unspecified atom stereocenters. The molecule has 9 nitrogen and oxygen atoms in total. The number of anilines is 1. The van der Waals surface area contributed by atoms with Gasteiger partial charge >= 0.3 is 5.63 Å². The Morgan fingerprint density at radius 3 is 2.54 bits per heavy atom. The molecule has 5 rings (SSSR count). The van der Waals surface area contributed by atoms with E-state index in [1.165, 1.54) is 0 Å². The molecule has 35 heavy (non-hydrogen) atoms. The number of hydrogen-bond acceptors (Lipinski definition) is 8. The van der Waals surface area contributed by atoms with Crippen LogP contribution < -0.4 is 25.2 Å². The number of fused-ring (bicyclic) bond motifs is 2. The van der Waals surface area contributed by atoms with Crippen LogP contribution >= 0.6 is 0 Å². The van der Waals surface area contributed by atoms with Crippen molar-refractivity contribution < 1.29 is 23.4 Å². The van der Waals surface area contributed by atoms with Gasteiger partial charge in [-0.2, -0.15) is 0 Å². The molecule has 2 aliphatic rings. The number of benzene rings is 2. The maximum absolute atomic E-state index is 12.6. The minimum Gasteiger partial charge on any atom is -0.494 e. The highest BCUT2D eigenvalue weighted by Crippen LogP contribution is 2.32. The smallest absolute Gasteiger partial charge is 0.336 e. The summed E-state index contributed by atoms with van der Waals surface area (Å²) in [5, 5.41) is 3.83. The zero-order valence-corrected chi connectivity index (χ0v) is 19.7. The third-order valence-corrected chi connectivity index (χ3v) is 6.16. The van der Waals surface area contributed by atoms with Gasteiger partial charge < -0.3 is 23.9 Å². The second-order valence-electron chi connectivity index (χ2n) is 8.64. The normalized spacial score (nSPS) is 16.3. The second kappa shape index (κ2) is 10.4. The second-order valence-corrected chi connectivity index (χ2v) is 8.64. The van der Waals surface area contributed by atoms with Crippen molar-refractivity contribution in [3.05, 3.63) is 58.4 Å². The predicted molar refractivity (Wildman–Crippen MR) is 131 cm³/mol. The average Bonchev–Trinajstić information content (AvgIpc) is 2.85. The lowest BCUT2D eigenvalue weighted by Crippen LogP contribution is -2.48. The summed E-state index contributed by atoms with van der Waals surface area (Å²) in [5.41, 5.74) is 1.82. The van der Waals surface area contributed by atoms with Crippen molar-refractivity contribution in [2.24, 2.45) is 0 Å². The summed E-state index contributed by atoms with van der Waals surface area (Å²) in [6, 6.07) is 12.5.